The first-order valence-corrected chi connectivity index (χ1v) is 5.08. The van der Waals surface area contributed by atoms with Gasteiger partial charge < -0.3 is 10.6 Å². The van der Waals surface area contributed by atoms with Gasteiger partial charge >= 0.3 is 0 Å². The topological polar surface area (TPSA) is 41.1 Å². The third kappa shape index (κ3) is 11.4. The zero-order valence-corrected chi connectivity index (χ0v) is 9.02. The average Bonchev–Trinajstić information content (AvgIpc) is 2.01. The highest BCUT2D eigenvalue weighted by molar-refractivity contribution is 5.72. The van der Waals surface area contributed by atoms with Crippen LogP contribution < -0.4 is 10.6 Å². The van der Waals surface area contributed by atoms with Gasteiger partial charge in [0.1, 0.15) is 0 Å². The second-order valence-corrected chi connectivity index (χ2v) is 3.77. The lowest BCUT2D eigenvalue weighted by atomic mass is 10.1. The molecular weight excluding hydrogens is 164 g/mol. The summed E-state index contributed by atoms with van der Waals surface area (Å²) in [5.74, 6) is 0.824. The van der Waals surface area contributed by atoms with Gasteiger partial charge in [-0.1, -0.05) is 13.8 Å². The molecule has 0 aliphatic carbocycles. The minimum atomic E-state index is 0.0576. The molecule has 0 saturated carbocycles. The maximum Gasteiger partial charge on any atom is 0.216 e. The molecule has 0 bridgehead atoms. The molecule has 0 rings (SSSR count). The van der Waals surface area contributed by atoms with Gasteiger partial charge in [-0.2, -0.15) is 0 Å². The van der Waals surface area contributed by atoms with Crippen LogP contribution in [-0.2, 0) is 4.79 Å². The summed E-state index contributed by atoms with van der Waals surface area (Å²) in [5.41, 5.74) is 0. The summed E-state index contributed by atoms with van der Waals surface area (Å²) < 4.78 is 0. The van der Waals surface area contributed by atoms with Crippen molar-refractivity contribution in [3.05, 3.63) is 0 Å². The minimum Gasteiger partial charge on any atom is -0.356 e. The SMILES string of the molecule is CC(=O)NCCCNCCC(C)C. The summed E-state index contributed by atoms with van der Waals surface area (Å²) in [5, 5.41) is 6.11. The van der Waals surface area contributed by atoms with Crippen molar-refractivity contribution in [1.82, 2.24) is 10.6 Å². The first kappa shape index (κ1) is 12.4. The number of nitrogens with one attached hydrogen (secondary N) is 2. The quantitative estimate of drug-likeness (QED) is 0.586. The molecule has 0 aliphatic heterocycles. The van der Waals surface area contributed by atoms with Gasteiger partial charge in [0, 0.05) is 13.5 Å². The average molecular weight is 186 g/mol. The van der Waals surface area contributed by atoms with Crippen LogP contribution in [0.3, 0.4) is 0 Å². The summed E-state index contributed by atoms with van der Waals surface area (Å²) in [7, 11) is 0. The third-order valence-corrected chi connectivity index (χ3v) is 1.80. The van der Waals surface area contributed by atoms with E-state index in [1.807, 2.05) is 0 Å². The van der Waals surface area contributed by atoms with Crippen LogP contribution in [0.4, 0.5) is 0 Å². The van der Waals surface area contributed by atoms with Crippen molar-refractivity contribution >= 4 is 5.91 Å². The fourth-order valence-corrected chi connectivity index (χ4v) is 0.994. The van der Waals surface area contributed by atoms with Gasteiger partial charge in [-0.3, -0.25) is 4.79 Å². The lowest BCUT2D eigenvalue weighted by Gasteiger charge is -2.06. The predicted molar refractivity (Wildman–Crippen MR) is 55.6 cm³/mol. The van der Waals surface area contributed by atoms with Gasteiger partial charge in [0.25, 0.3) is 0 Å². The molecule has 0 aromatic carbocycles. The van der Waals surface area contributed by atoms with Crippen molar-refractivity contribution in [3.63, 3.8) is 0 Å². The molecule has 0 atom stereocenters. The van der Waals surface area contributed by atoms with E-state index in [1.165, 1.54) is 6.42 Å². The molecule has 3 heteroatoms. The monoisotopic (exact) mass is 186 g/mol. The minimum absolute atomic E-state index is 0.0576. The number of hydrogen-bond acceptors (Lipinski definition) is 2. The van der Waals surface area contributed by atoms with E-state index in [-0.39, 0.29) is 5.91 Å². The Morgan fingerprint density at radius 1 is 1.23 bits per heavy atom. The van der Waals surface area contributed by atoms with Gasteiger partial charge in [0.05, 0.1) is 0 Å². The molecule has 2 N–H and O–H groups in total. The van der Waals surface area contributed by atoms with Crippen molar-refractivity contribution in [3.8, 4) is 0 Å². The fraction of sp³-hybridized carbons (Fsp3) is 0.900. The highest BCUT2D eigenvalue weighted by atomic mass is 16.1. The van der Waals surface area contributed by atoms with Crippen LogP contribution in [0, 0.1) is 5.92 Å². The van der Waals surface area contributed by atoms with Gasteiger partial charge in [-0.15, -0.1) is 0 Å². The molecule has 0 aromatic rings. The van der Waals surface area contributed by atoms with Crippen LogP contribution in [0.15, 0.2) is 0 Å². The predicted octanol–water partition coefficient (Wildman–Crippen LogP) is 1.15. The molecule has 0 saturated heterocycles. The van der Waals surface area contributed by atoms with E-state index in [0.29, 0.717) is 0 Å². The lowest BCUT2D eigenvalue weighted by molar-refractivity contribution is -0.118. The van der Waals surface area contributed by atoms with E-state index in [1.54, 1.807) is 6.92 Å². The molecule has 13 heavy (non-hydrogen) atoms. The Bertz CT molecular complexity index is 135. The van der Waals surface area contributed by atoms with Gasteiger partial charge in [0.2, 0.25) is 5.91 Å². The molecule has 0 unspecified atom stereocenters. The van der Waals surface area contributed by atoms with E-state index >= 15 is 0 Å². The Balaban J connectivity index is 2.96. The largest absolute Gasteiger partial charge is 0.356 e. The molecule has 0 fully saturated rings. The standard InChI is InChI=1S/C10H22N2O/c1-9(2)5-8-11-6-4-7-12-10(3)13/h9,11H,4-8H2,1-3H3,(H,12,13). The molecule has 0 aromatic heterocycles. The number of hydrogen-bond donors (Lipinski definition) is 2. The van der Waals surface area contributed by atoms with Crippen molar-refractivity contribution < 1.29 is 4.79 Å². The molecule has 3 nitrogen and oxygen atoms in total. The zero-order valence-electron chi connectivity index (χ0n) is 9.02. The van der Waals surface area contributed by atoms with E-state index < -0.39 is 0 Å². The van der Waals surface area contributed by atoms with E-state index in [4.69, 9.17) is 0 Å². The molecular formula is C10H22N2O. The molecule has 0 spiro atoms. The first-order chi connectivity index (χ1) is 6.13. The molecule has 0 aliphatic rings. The molecule has 78 valence electrons. The normalized spacial score (nSPS) is 10.5. The number of rotatable bonds is 7. The lowest BCUT2D eigenvalue weighted by Crippen LogP contribution is -2.25. The summed E-state index contributed by atoms with van der Waals surface area (Å²) >= 11 is 0. The fourth-order valence-electron chi connectivity index (χ4n) is 0.994. The smallest absolute Gasteiger partial charge is 0.216 e. The van der Waals surface area contributed by atoms with Gasteiger partial charge in [0.15, 0.2) is 0 Å². The Kier molecular flexibility index (Phi) is 7.69. The summed E-state index contributed by atoms with van der Waals surface area (Å²) in [6, 6.07) is 0. The number of carbonyl (C=O) groups is 1. The zero-order chi connectivity index (χ0) is 10.1. The second-order valence-electron chi connectivity index (χ2n) is 3.77. The summed E-state index contributed by atoms with van der Waals surface area (Å²) in [4.78, 5) is 10.5. The van der Waals surface area contributed by atoms with Crippen molar-refractivity contribution in [2.75, 3.05) is 19.6 Å². The van der Waals surface area contributed by atoms with E-state index in [2.05, 4.69) is 24.5 Å². The maximum atomic E-state index is 10.5. The molecule has 0 heterocycles. The Morgan fingerprint density at radius 3 is 2.46 bits per heavy atom. The summed E-state index contributed by atoms with van der Waals surface area (Å²) in [6.07, 6.45) is 2.23. The highest BCUT2D eigenvalue weighted by Gasteiger charge is 1.93. The Hall–Kier alpha value is -0.570. The molecule has 0 radical (unpaired) electrons. The molecule has 1 amide bonds. The van der Waals surface area contributed by atoms with E-state index in [9.17, 15) is 4.79 Å². The highest BCUT2D eigenvalue weighted by Crippen LogP contribution is 1.95. The van der Waals surface area contributed by atoms with Gasteiger partial charge in [-0.25, -0.2) is 0 Å². The van der Waals surface area contributed by atoms with Crippen LogP contribution in [0.25, 0.3) is 0 Å². The van der Waals surface area contributed by atoms with Crippen LogP contribution >= 0.6 is 0 Å². The number of carbonyl (C=O) groups excluding carboxylic acids is 1. The first-order valence-electron chi connectivity index (χ1n) is 5.08. The van der Waals surface area contributed by atoms with Crippen LogP contribution in [0.1, 0.15) is 33.6 Å². The Labute approximate surface area is 81.3 Å². The van der Waals surface area contributed by atoms with Crippen LogP contribution in [-0.4, -0.2) is 25.5 Å². The van der Waals surface area contributed by atoms with E-state index in [0.717, 1.165) is 32.0 Å². The van der Waals surface area contributed by atoms with Crippen molar-refractivity contribution in [2.24, 2.45) is 5.92 Å². The third-order valence-electron chi connectivity index (χ3n) is 1.80. The second kappa shape index (κ2) is 8.05. The van der Waals surface area contributed by atoms with Gasteiger partial charge in [-0.05, 0) is 31.8 Å². The van der Waals surface area contributed by atoms with Crippen LogP contribution in [0.5, 0.6) is 0 Å². The maximum absolute atomic E-state index is 10.5. The van der Waals surface area contributed by atoms with Crippen molar-refractivity contribution in [1.29, 1.82) is 0 Å². The number of amides is 1. The Morgan fingerprint density at radius 2 is 1.92 bits per heavy atom. The van der Waals surface area contributed by atoms with Crippen molar-refractivity contribution in [2.45, 2.75) is 33.6 Å². The summed E-state index contributed by atoms with van der Waals surface area (Å²) in [6.45, 7) is 8.85. The van der Waals surface area contributed by atoms with Crippen LogP contribution in [0.2, 0.25) is 0 Å².